The van der Waals surface area contributed by atoms with Crippen molar-refractivity contribution >= 4 is 35.6 Å². The molecule has 1 aromatic carbocycles. The Morgan fingerprint density at radius 3 is 2.48 bits per heavy atom. The standard InChI is InChI=1S/C15H25FN4.HI/c1-6-17-15(19-11(2)3)18-10-12-7-8-14(20(4)5)13(16)9-12;/h7-9,11H,6,10H2,1-5H3,(H2,17,18,19);1H. The summed E-state index contributed by atoms with van der Waals surface area (Å²) in [7, 11) is 3.65. The summed E-state index contributed by atoms with van der Waals surface area (Å²) in [6.07, 6.45) is 0. The van der Waals surface area contributed by atoms with Gasteiger partial charge in [-0.3, -0.25) is 0 Å². The number of rotatable bonds is 5. The van der Waals surface area contributed by atoms with Gasteiger partial charge in [0.15, 0.2) is 5.96 Å². The van der Waals surface area contributed by atoms with E-state index in [1.54, 1.807) is 11.0 Å². The van der Waals surface area contributed by atoms with Gasteiger partial charge in [0.1, 0.15) is 5.82 Å². The molecule has 0 aliphatic heterocycles. The molecule has 0 spiro atoms. The second-order valence-electron chi connectivity index (χ2n) is 5.17. The lowest BCUT2D eigenvalue weighted by Gasteiger charge is -2.15. The summed E-state index contributed by atoms with van der Waals surface area (Å²) in [6, 6.07) is 5.53. The first kappa shape index (κ1) is 19.9. The van der Waals surface area contributed by atoms with Crippen molar-refractivity contribution in [3.8, 4) is 0 Å². The summed E-state index contributed by atoms with van der Waals surface area (Å²) in [5.41, 5.74) is 1.44. The second kappa shape index (κ2) is 9.81. The molecule has 0 fully saturated rings. The molecular weight excluding hydrogens is 382 g/mol. The third kappa shape index (κ3) is 6.97. The highest BCUT2D eigenvalue weighted by atomic mass is 127. The third-order valence-corrected chi connectivity index (χ3v) is 2.68. The third-order valence-electron chi connectivity index (χ3n) is 2.68. The minimum Gasteiger partial charge on any atom is -0.375 e. The van der Waals surface area contributed by atoms with Crippen LogP contribution >= 0.6 is 24.0 Å². The van der Waals surface area contributed by atoms with Crippen LogP contribution in [0.5, 0.6) is 0 Å². The fraction of sp³-hybridized carbons (Fsp3) is 0.533. The molecule has 0 radical (unpaired) electrons. The van der Waals surface area contributed by atoms with Crippen molar-refractivity contribution in [2.24, 2.45) is 4.99 Å². The molecule has 0 aliphatic carbocycles. The van der Waals surface area contributed by atoms with E-state index in [0.717, 1.165) is 18.1 Å². The summed E-state index contributed by atoms with van der Waals surface area (Å²) in [6.45, 7) is 7.37. The number of nitrogens with zero attached hydrogens (tertiary/aromatic N) is 2. The monoisotopic (exact) mass is 408 g/mol. The molecule has 0 amide bonds. The molecule has 0 heterocycles. The van der Waals surface area contributed by atoms with Gasteiger partial charge >= 0.3 is 0 Å². The fourth-order valence-electron chi connectivity index (χ4n) is 1.78. The zero-order chi connectivity index (χ0) is 15.1. The molecule has 2 N–H and O–H groups in total. The Bertz CT molecular complexity index is 461. The van der Waals surface area contributed by atoms with Gasteiger partial charge < -0.3 is 15.5 Å². The zero-order valence-electron chi connectivity index (χ0n) is 13.4. The van der Waals surface area contributed by atoms with E-state index >= 15 is 0 Å². The molecule has 0 unspecified atom stereocenters. The molecule has 0 atom stereocenters. The highest BCUT2D eigenvalue weighted by Crippen LogP contribution is 2.18. The van der Waals surface area contributed by atoms with E-state index in [9.17, 15) is 4.39 Å². The summed E-state index contributed by atoms with van der Waals surface area (Å²) < 4.78 is 13.9. The van der Waals surface area contributed by atoms with Crippen LogP contribution in [0.3, 0.4) is 0 Å². The maximum atomic E-state index is 13.9. The van der Waals surface area contributed by atoms with E-state index in [1.807, 2.05) is 27.1 Å². The number of benzene rings is 1. The van der Waals surface area contributed by atoms with Gasteiger partial charge in [0.2, 0.25) is 0 Å². The van der Waals surface area contributed by atoms with Crippen molar-refractivity contribution in [2.45, 2.75) is 33.4 Å². The molecule has 1 aromatic rings. The van der Waals surface area contributed by atoms with Crippen molar-refractivity contribution in [1.29, 1.82) is 0 Å². The molecule has 21 heavy (non-hydrogen) atoms. The first-order chi connectivity index (χ1) is 9.43. The van der Waals surface area contributed by atoms with Gasteiger partial charge in [-0.15, -0.1) is 24.0 Å². The molecule has 1 rings (SSSR count). The van der Waals surface area contributed by atoms with Crippen LogP contribution in [0.1, 0.15) is 26.3 Å². The van der Waals surface area contributed by atoms with Gasteiger partial charge in [-0.05, 0) is 38.5 Å². The quantitative estimate of drug-likeness (QED) is 0.447. The summed E-state index contributed by atoms with van der Waals surface area (Å²) in [5, 5.41) is 6.40. The predicted octanol–water partition coefficient (Wildman–Crippen LogP) is 2.97. The molecule has 0 saturated carbocycles. The van der Waals surface area contributed by atoms with Crippen LogP contribution in [0.15, 0.2) is 23.2 Å². The van der Waals surface area contributed by atoms with Crippen LogP contribution in [0, 0.1) is 5.82 Å². The molecule has 0 bridgehead atoms. The zero-order valence-corrected chi connectivity index (χ0v) is 15.7. The summed E-state index contributed by atoms with van der Waals surface area (Å²) in [5.74, 6) is 0.532. The lowest BCUT2D eigenvalue weighted by molar-refractivity contribution is 0.623. The molecule has 6 heteroatoms. The first-order valence-electron chi connectivity index (χ1n) is 6.94. The van der Waals surface area contributed by atoms with Crippen LogP contribution in [-0.4, -0.2) is 32.6 Å². The lowest BCUT2D eigenvalue weighted by Crippen LogP contribution is -2.41. The van der Waals surface area contributed by atoms with Crippen LogP contribution in [0.2, 0.25) is 0 Å². The molecule has 0 aliphatic rings. The topological polar surface area (TPSA) is 39.7 Å². The number of halogens is 2. The van der Waals surface area contributed by atoms with E-state index in [0.29, 0.717) is 18.3 Å². The van der Waals surface area contributed by atoms with Crippen LogP contribution < -0.4 is 15.5 Å². The maximum absolute atomic E-state index is 13.9. The van der Waals surface area contributed by atoms with Gasteiger partial charge in [0, 0.05) is 26.7 Å². The number of nitrogens with one attached hydrogen (secondary N) is 2. The normalized spacial score (nSPS) is 11.1. The molecule has 0 aromatic heterocycles. The first-order valence-corrected chi connectivity index (χ1v) is 6.94. The lowest BCUT2D eigenvalue weighted by atomic mass is 10.2. The highest BCUT2D eigenvalue weighted by molar-refractivity contribution is 14.0. The van der Waals surface area contributed by atoms with Crippen molar-refractivity contribution < 1.29 is 4.39 Å². The number of anilines is 1. The minimum absolute atomic E-state index is 0. The molecular formula is C15H26FIN4. The largest absolute Gasteiger partial charge is 0.375 e. The number of hydrogen-bond donors (Lipinski definition) is 2. The Morgan fingerprint density at radius 2 is 2.00 bits per heavy atom. The minimum atomic E-state index is -0.218. The van der Waals surface area contributed by atoms with Gasteiger partial charge in [-0.2, -0.15) is 0 Å². The van der Waals surface area contributed by atoms with E-state index in [2.05, 4.69) is 29.5 Å². The van der Waals surface area contributed by atoms with Gasteiger partial charge in [-0.25, -0.2) is 9.38 Å². The second-order valence-corrected chi connectivity index (χ2v) is 5.17. The Labute approximate surface area is 144 Å². The predicted molar refractivity (Wildman–Crippen MR) is 99.2 cm³/mol. The Balaban J connectivity index is 0.00000400. The van der Waals surface area contributed by atoms with Crippen LogP contribution in [-0.2, 0) is 6.54 Å². The number of hydrogen-bond acceptors (Lipinski definition) is 2. The van der Waals surface area contributed by atoms with Crippen molar-refractivity contribution in [3.63, 3.8) is 0 Å². The van der Waals surface area contributed by atoms with Crippen LogP contribution in [0.4, 0.5) is 10.1 Å². The SMILES string of the molecule is CCNC(=NCc1ccc(N(C)C)c(F)c1)NC(C)C.I. The summed E-state index contributed by atoms with van der Waals surface area (Å²) in [4.78, 5) is 6.21. The Hall–Kier alpha value is -1.05. The van der Waals surface area contributed by atoms with Crippen molar-refractivity contribution in [1.82, 2.24) is 10.6 Å². The molecule has 4 nitrogen and oxygen atoms in total. The molecule has 120 valence electrons. The van der Waals surface area contributed by atoms with Gasteiger partial charge in [0.05, 0.1) is 12.2 Å². The van der Waals surface area contributed by atoms with E-state index in [1.165, 1.54) is 6.07 Å². The fourth-order valence-corrected chi connectivity index (χ4v) is 1.78. The van der Waals surface area contributed by atoms with Crippen molar-refractivity contribution in [3.05, 3.63) is 29.6 Å². The Morgan fingerprint density at radius 1 is 1.33 bits per heavy atom. The van der Waals surface area contributed by atoms with E-state index in [-0.39, 0.29) is 29.8 Å². The molecule has 0 saturated heterocycles. The smallest absolute Gasteiger partial charge is 0.191 e. The van der Waals surface area contributed by atoms with Gasteiger partial charge in [-0.1, -0.05) is 6.07 Å². The van der Waals surface area contributed by atoms with E-state index in [4.69, 9.17) is 0 Å². The highest BCUT2D eigenvalue weighted by Gasteiger charge is 2.05. The average Bonchev–Trinajstić information content (AvgIpc) is 2.35. The summed E-state index contributed by atoms with van der Waals surface area (Å²) >= 11 is 0. The number of aliphatic imine (C=N–C) groups is 1. The van der Waals surface area contributed by atoms with Gasteiger partial charge in [0.25, 0.3) is 0 Å². The van der Waals surface area contributed by atoms with Crippen LogP contribution in [0.25, 0.3) is 0 Å². The Kier molecular flexibility index (Phi) is 9.32. The average molecular weight is 408 g/mol. The number of guanidine groups is 1. The van der Waals surface area contributed by atoms with Crippen molar-refractivity contribution in [2.75, 3.05) is 25.5 Å². The van der Waals surface area contributed by atoms with E-state index < -0.39 is 0 Å². The maximum Gasteiger partial charge on any atom is 0.191 e.